The van der Waals surface area contributed by atoms with Gasteiger partial charge in [-0.15, -0.1) is 0 Å². The first kappa shape index (κ1) is 20.7. The van der Waals surface area contributed by atoms with Crippen LogP contribution in [0.15, 0.2) is 41.1 Å². The molecule has 1 aromatic carbocycles. The Morgan fingerprint density at radius 3 is 2.54 bits per heavy atom. The maximum Gasteiger partial charge on any atom is 0.229 e. The highest BCUT2D eigenvalue weighted by Gasteiger charge is 2.12. The molecule has 144 valence electrons. The molecule has 0 aliphatic heterocycles. The second-order valence-electron chi connectivity index (χ2n) is 6.41. The van der Waals surface area contributed by atoms with Gasteiger partial charge in [0, 0.05) is 18.3 Å². The molecule has 0 bridgehead atoms. The van der Waals surface area contributed by atoms with E-state index in [-0.39, 0.29) is 0 Å². The van der Waals surface area contributed by atoms with Crippen LogP contribution >= 0.6 is 11.3 Å². The van der Waals surface area contributed by atoms with Crippen LogP contribution in [-0.2, 0) is 16.4 Å². The van der Waals surface area contributed by atoms with Crippen molar-refractivity contribution in [3.8, 4) is 5.75 Å². The summed E-state index contributed by atoms with van der Waals surface area (Å²) in [6.45, 7) is 7.13. The smallest absolute Gasteiger partial charge is 0.229 e. The predicted molar refractivity (Wildman–Crippen MR) is 110 cm³/mol. The third-order valence-electron chi connectivity index (χ3n) is 4.16. The Hall–Kier alpha value is -1.57. The molecule has 1 aromatic heterocycles. The van der Waals surface area contributed by atoms with Crippen LogP contribution in [0.25, 0.3) is 0 Å². The lowest BCUT2D eigenvalue weighted by molar-refractivity contribution is 0.195. The average molecular weight is 397 g/mol. The zero-order chi connectivity index (χ0) is 19.0. The highest BCUT2D eigenvalue weighted by Crippen LogP contribution is 2.17. The van der Waals surface area contributed by atoms with E-state index >= 15 is 0 Å². The summed E-state index contributed by atoms with van der Waals surface area (Å²) in [4.78, 5) is 2.47. The molecular formula is C19H28N2O3S2. The number of hydrogen-bond acceptors (Lipinski definition) is 5. The average Bonchev–Trinajstić information content (AvgIpc) is 3.08. The van der Waals surface area contributed by atoms with Gasteiger partial charge < -0.3 is 9.64 Å². The Labute approximate surface area is 161 Å². The highest BCUT2D eigenvalue weighted by atomic mass is 32.2. The van der Waals surface area contributed by atoms with Crippen LogP contribution in [0.2, 0.25) is 0 Å². The zero-order valence-corrected chi connectivity index (χ0v) is 17.3. The van der Waals surface area contributed by atoms with E-state index < -0.39 is 10.0 Å². The van der Waals surface area contributed by atoms with Gasteiger partial charge in [0.1, 0.15) is 5.75 Å². The molecule has 1 N–H and O–H groups in total. The van der Waals surface area contributed by atoms with E-state index in [0.29, 0.717) is 18.3 Å². The number of benzene rings is 1. The van der Waals surface area contributed by atoms with Crippen molar-refractivity contribution in [2.24, 2.45) is 0 Å². The van der Waals surface area contributed by atoms with Gasteiger partial charge in [-0.2, -0.15) is 11.3 Å². The lowest BCUT2D eigenvalue weighted by Gasteiger charge is -2.27. The number of hydrogen-bond donors (Lipinski definition) is 1. The van der Waals surface area contributed by atoms with E-state index in [0.717, 1.165) is 37.9 Å². The summed E-state index contributed by atoms with van der Waals surface area (Å²) >= 11 is 1.75. The van der Waals surface area contributed by atoms with Crippen molar-refractivity contribution in [2.45, 2.75) is 32.7 Å². The summed E-state index contributed by atoms with van der Waals surface area (Å²) in [5.41, 5.74) is 1.94. The van der Waals surface area contributed by atoms with Crippen molar-refractivity contribution in [3.05, 3.63) is 46.7 Å². The molecule has 7 heteroatoms. The van der Waals surface area contributed by atoms with Gasteiger partial charge in [0.2, 0.25) is 10.0 Å². The summed E-state index contributed by atoms with van der Waals surface area (Å²) in [6.07, 6.45) is 3.16. The minimum atomic E-state index is -3.25. The van der Waals surface area contributed by atoms with Crippen molar-refractivity contribution in [2.75, 3.05) is 30.7 Å². The molecule has 0 fully saturated rings. The van der Waals surface area contributed by atoms with Crippen LogP contribution < -0.4 is 9.46 Å². The molecule has 2 rings (SSSR count). The lowest BCUT2D eigenvalue weighted by Crippen LogP contribution is -2.35. The van der Waals surface area contributed by atoms with E-state index in [1.165, 1.54) is 5.56 Å². The van der Waals surface area contributed by atoms with Gasteiger partial charge in [-0.3, -0.25) is 4.72 Å². The number of sulfonamides is 1. The number of ether oxygens (including phenoxy) is 1. The fourth-order valence-corrected chi connectivity index (χ4v) is 4.11. The normalized spacial score (nSPS) is 12.9. The Bertz CT molecular complexity index is 744. The third-order valence-corrected chi connectivity index (χ3v) is 5.50. The predicted octanol–water partition coefficient (Wildman–Crippen LogP) is 3.84. The number of rotatable bonds is 11. The first-order valence-electron chi connectivity index (χ1n) is 8.83. The van der Waals surface area contributed by atoms with Crippen molar-refractivity contribution in [1.82, 2.24) is 4.90 Å². The molecule has 1 unspecified atom stereocenters. The Morgan fingerprint density at radius 1 is 1.23 bits per heavy atom. The first-order valence-corrected chi connectivity index (χ1v) is 11.7. The third kappa shape index (κ3) is 7.35. The number of likely N-dealkylation sites (N-methyl/N-ethyl adjacent to an activating group) is 1. The topological polar surface area (TPSA) is 58.6 Å². The second-order valence-corrected chi connectivity index (χ2v) is 8.94. The summed E-state index contributed by atoms with van der Waals surface area (Å²) in [7, 11) is -3.25. The number of anilines is 1. The Balaban J connectivity index is 1.72. The summed E-state index contributed by atoms with van der Waals surface area (Å²) in [5, 5.41) is 4.35. The van der Waals surface area contributed by atoms with Gasteiger partial charge in [-0.1, -0.05) is 6.92 Å². The molecule has 0 aliphatic carbocycles. The molecule has 0 spiro atoms. The standard InChI is InChI=1S/C19H28N2O3S2/c1-4-21(16(2)14-17-10-13-25-15-17)11-5-12-24-19-8-6-18(7-9-19)20-26(3,22)23/h6-10,13,15-16,20H,4-5,11-12,14H2,1-3H3. The number of thiophene rings is 1. The quantitative estimate of drug-likeness (QED) is 0.586. The van der Waals surface area contributed by atoms with Crippen LogP contribution in [0, 0.1) is 0 Å². The molecule has 0 aliphatic rings. The van der Waals surface area contributed by atoms with Crippen molar-refractivity contribution in [1.29, 1.82) is 0 Å². The lowest BCUT2D eigenvalue weighted by atomic mass is 10.1. The minimum Gasteiger partial charge on any atom is -0.494 e. The number of nitrogens with zero attached hydrogens (tertiary/aromatic N) is 1. The minimum absolute atomic E-state index is 0.510. The summed E-state index contributed by atoms with van der Waals surface area (Å²) < 4.78 is 30.6. The highest BCUT2D eigenvalue weighted by molar-refractivity contribution is 7.92. The van der Waals surface area contributed by atoms with Gasteiger partial charge in [0.05, 0.1) is 12.9 Å². The van der Waals surface area contributed by atoms with Gasteiger partial charge >= 0.3 is 0 Å². The van der Waals surface area contributed by atoms with Crippen LogP contribution in [0.4, 0.5) is 5.69 Å². The molecule has 0 amide bonds. The SMILES string of the molecule is CCN(CCCOc1ccc(NS(C)(=O)=O)cc1)C(C)Cc1ccsc1. The monoisotopic (exact) mass is 396 g/mol. The molecule has 0 saturated carbocycles. The Morgan fingerprint density at radius 2 is 1.96 bits per heavy atom. The molecule has 0 saturated heterocycles. The fourth-order valence-electron chi connectivity index (χ4n) is 2.86. The Kier molecular flexibility index (Phi) is 7.93. The van der Waals surface area contributed by atoms with Crippen molar-refractivity contribution >= 4 is 27.0 Å². The summed E-state index contributed by atoms with van der Waals surface area (Å²) in [5.74, 6) is 0.749. The molecule has 2 aromatic rings. The second kappa shape index (κ2) is 9.94. The van der Waals surface area contributed by atoms with E-state index in [2.05, 4.69) is 40.3 Å². The van der Waals surface area contributed by atoms with Crippen molar-refractivity contribution in [3.63, 3.8) is 0 Å². The van der Waals surface area contributed by atoms with Gasteiger partial charge in [-0.25, -0.2) is 8.42 Å². The van der Waals surface area contributed by atoms with E-state index in [9.17, 15) is 8.42 Å². The van der Waals surface area contributed by atoms with Crippen LogP contribution in [0.3, 0.4) is 0 Å². The van der Waals surface area contributed by atoms with E-state index in [4.69, 9.17) is 4.74 Å². The zero-order valence-electron chi connectivity index (χ0n) is 15.6. The maximum absolute atomic E-state index is 11.2. The maximum atomic E-state index is 11.2. The van der Waals surface area contributed by atoms with Crippen LogP contribution in [-0.4, -0.2) is 45.3 Å². The van der Waals surface area contributed by atoms with Gasteiger partial charge in [-0.05, 0) is 73.0 Å². The summed E-state index contributed by atoms with van der Waals surface area (Å²) in [6, 6.07) is 9.68. The van der Waals surface area contributed by atoms with Gasteiger partial charge in [0.25, 0.3) is 0 Å². The van der Waals surface area contributed by atoms with E-state index in [1.807, 2.05) is 0 Å². The molecule has 5 nitrogen and oxygen atoms in total. The number of nitrogens with one attached hydrogen (secondary N) is 1. The molecule has 1 heterocycles. The van der Waals surface area contributed by atoms with Gasteiger partial charge in [0.15, 0.2) is 0 Å². The van der Waals surface area contributed by atoms with Crippen LogP contribution in [0.5, 0.6) is 5.75 Å². The van der Waals surface area contributed by atoms with E-state index in [1.54, 1.807) is 35.6 Å². The molecule has 0 radical (unpaired) electrons. The molecule has 26 heavy (non-hydrogen) atoms. The first-order chi connectivity index (χ1) is 12.4. The largest absolute Gasteiger partial charge is 0.494 e. The molecular weight excluding hydrogens is 368 g/mol. The van der Waals surface area contributed by atoms with Crippen LogP contribution in [0.1, 0.15) is 25.8 Å². The fraction of sp³-hybridized carbons (Fsp3) is 0.474. The molecule has 1 atom stereocenters. The van der Waals surface area contributed by atoms with Crippen molar-refractivity contribution < 1.29 is 13.2 Å².